The number of rotatable bonds is 3. The first kappa shape index (κ1) is 12.8. The molecule has 0 aliphatic heterocycles. The number of thiazole rings is 1. The van der Waals surface area contributed by atoms with Crippen LogP contribution >= 0.6 is 11.3 Å². The third-order valence-corrected chi connectivity index (χ3v) is 5.15. The molecule has 2 N–H and O–H groups in total. The van der Waals surface area contributed by atoms with Crippen LogP contribution in [-0.4, -0.2) is 24.6 Å². The van der Waals surface area contributed by atoms with Gasteiger partial charge >= 0.3 is 0 Å². The molecule has 0 bridgehead atoms. The van der Waals surface area contributed by atoms with Crippen LogP contribution in [0.1, 0.15) is 36.3 Å². The standard InChI is InChI=1S/C13H23N3S/c1-9-10(2)17-13(15-9)16(3)12-7-5-4-6-11(12)8-14/h11-12H,4-8,14H2,1-3H3. The summed E-state index contributed by atoms with van der Waals surface area (Å²) >= 11 is 1.80. The van der Waals surface area contributed by atoms with Gasteiger partial charge in [0.2, 0.25) is 0 Å². The molecule has 2 atom stereocenters. The third kappa shape index (κ3) is 2.63. The number of aromatic nitrogens is 1. The van der Waals surface area contributed by atoms with Gasteiger partial charge in [-0.25, -0.2) is 4.98 Å². The van der Waals surface area contributed by atoms with E-state index in [2.05, 4.69) is 30.8 Å². The summed E-state index contributed by atoms with van der Waals surface area (Å²) in [6, 6.07) is 0.582. The Bertz CT molecular complexity index is 355. The molecule has 0 amide bonds. The van der Waals surface area contributed by atoms with E-state index in [1.165, 1.54) is 30.6 Å². The molecule has 0 aromatic carbocycles. The number of nitrogens with two attached hydrogens (primary N) is 1. The minimum absolute atomic E-state index is 0.582. The molecule has 1 heterocycles. The summed E-state index contributed by atoms with van der Waals surface area (Å²) in [5, 5.41) is 1.16. The molecule has 17 heavy (non-hydrogen) atoms. The van der Waals surface area contributed by atoms with Crippen molar-refractivity contribution in [2.24, 2.45) is 11.7 Å². The number of anilines is 1. The zero-order valence-electron chi connectivity index (χ0n) is 11.1. The predicted molar refractivity (Wildman–Crippen MR) is 74.8 cm³/mol. The molecule has 0 saturated heterocycles. The second kappa shape index (κ2) is 5.36. The van der Waals surface area contributed by atoms with E-state index >= 15 is 0 Å². The van der Waals surface area contributed by atoms with E-state index in [1.54, 1.807) is 11.3 Å². The van der Waals surface area contributed by atoms with Crippen LogP contribution < -0.4 is 10.6 Å². The molecule has 1 aromatic rings. The maximum atomic E-state index is 5.90. The molecular formula is C13H23N3S. The van der Waals surface area contributed by atoms with Gasteiger partial charge in [-0.1, -0.05) is 12.8 Å². The Labute approximate surface area is 108 Å². The number of aryl methyl sites for hydroxylation is 2. The van der Waals surface area contributed by atoms with Gasteiger partial charge in [-0.15, -0.1) is 11.3 Å². The van der Waals surface area contributed by atoms with Crippen LogP contribution in [0.25, 0.3) is 0 Å². The average Bonchev–Trinajstić information content (AvgIpc) is 2.68. The topological polar surface area (TPSA) is 42.2 Å². The minimum atomic E-state index is 0.582. The molecule has 1 aliphatic carbocycles. The Balaban J connectivity index is 2.14. The van der Waals surface area contributed by atoms with Crippen LogP contribution in [0.5, 0.6) is 0 Å². The van der Waals surface area contributed by atoms with Crippen LogP contribution in [0, 0.1) is 19.8 Å². The van der Waals surface area contributed by atoms with Gasteiger partial charge in [0, 0.05) is 18.0 Å². The van der Waals surface area contributed by atoms with E-state index in [9.17, 15) is 0 Å². The summed E-state index contributed by atoms with van der Waals surface area (Å²) in [7, 11) is 2.18. The molecule has 96 valence electrons. The van der Waals surface area contributed by atoms with Gasteiger partial charge in [-0.3, -0.25) is 0 Å². The average molecular weight is 253 g/mol. The van der Waals surface area contributed by atoms with Gasteiger partial charge in [-0.2, -0.15) is 0 Å². The maximum Gasteiger partial charge on any atom is 0.185 e. The zero-order chi connectivity index (χ0) is 12.4. The number of hydrogen-bond acceptors (Lipinski definition) is 4. The van der Waals surface area contributed by atoms with Crippen molar-refractivity contribution in [2.75, 3.05) is 18.5 Å². The van der Waals surface area contributed by atoms with Crippen molar-refractivity contribution in [3.63, 3.8) is 0 Å². The Morgan fingerprint density at radius 3 is 2.65 bits per heavy atom. The normalized spacial score (nSPS) is 24.9. The van der Waals surface area contributed by atoms with E-state index in [0.29, 0.717) is 12.0 Å². The van der Waals surface area contributed by atoms with Gasteiger partial charge in [0.25, 0.3) is 0 Å². The first-order valence-electron chi connectivity index (χ1n) is 6.50. The molecule has 1 aliphatic rings. The van der Waals surface area contributed by atoms with Crippen molar-refractivity contribution < 1.29 is 0 Å². The molecule has 4 heteroatoms. The third-order valence-electron chi connectivity index (χ3n) is 3.99. The van der Waals surface area contributed by atoms with Crippen LogP contribution in [0.3, 0.4) is 0 Å². The summed E-state index contributed by atoms with van der Waals surface area (Å²) in [6.07, 6.45) is 5.20. The number of nitrogens with zero attached hydrogens (tertiary/aromatic N) is 2. The highest BCUT2D eigenvalue weighted by Gasteiger charge is 2.28. The van der Waals surface area contributed by atoms with Crippen LogP contribution in [-0.2, 0) is 0 Å². The summed E-state index contributed by atoms with van der Waals surface area (Å²) in [5.74, 6) is 0.637. The van der Waals surface area contributed by atoms with Gasteiger partial charge in [-0.05, 0) is 39.2 Å². The fourth-order valence-corrected chi connectivity index (χ4v) is 3.65. The largest absolute Gasteiger partial charge is 0.348 e. The van der Waals surface area contributed by atoms with E-state index in [1.807, 2.05) is 0 Å². The fraction of sp³-hybridized carbons (Fsp3) is 0.769. The van der Waals surface area contributed by atoms with E-state index in [4.69, 9.17) is 5.73 Å². The Hall–Kier alpha value is -0.610. The van der Waals surface area contributed by atoms with Crippen molar-refractivity contribution in [2.45, 2.75) is 45.6 Å². The van der Waals surface area contributed by atoms with Crippen LogP contribution in [0.15, 0.2) is 0 Å². The molecule has 0 spiro atoms. The molecule has 2 unspecified atom stereocenters. The smallest absolute Gasteiger partial charge is 0.185 e. The SMILES string of the molecule is Cc1nc(N(C)C2CCCCC2CN)sc1C. The van der Waals surface area contributed by atoms with Crippen molar-refractivity contribution in [3.05, 3.63) is 10.6 Å². The minimum Gasteiger partial charge on any atom is -0.348 e. The van der Waals surface area contributed by atoms with Gasteiger partial charge < -0.3 is 10.6 Å². The monoisotopic (exact) mass is 253 g/mol. The Morgan fingerprint density at radius 2 is 2.06 bits per heavy atom. The molecule has 1 aromatic heterocycles. The first-order valence-corrected chi connectivity index (χ1v) is 7.32. The molecule has 1 saturated carbocycles. The van der Waals surface area contributed by atoms with Gasteiger partial charge in [0.05, 0.1) is 5.69 Å². The summed E-state index contributed by atoms with van der Waals surface area (Å²) < 4.78 is 0. The van der Waals surface area contributed by atoms with E-state index in [-0.39, 0.29) is 0 Å². The molecular weight excluding hydrogens is 230 g/mol. The highest BCUT2D eigenvalue weighted by Crippen LogP contribution is 2.33. The second-order valence-electron chi connectivity index (χ2n) is 5.10. The van der Waals surface area contributed by atoms with Crippen molar-refractivity contribution in [1.29, 1.82) is 0 Å². The summed E-state index contributed by atoms with van der Waals surface area (Å²) in [4.78, 5) is 8.35. The molecule has 0 radical (unpaired) electrons. The fourth-order valence-electron chi connectivity index (χ4n) is 2.72. The van der Waals surface area contributed by atoms with Gasteiger partial charge in [0.15, 0.2) is 5.13 Å². The highest BCUT2D eigenvalue weighted by molar-refractivity contribution is 7.15. The van der Waals surface area contributed by atoms with Crippen LogP contribution in [0.4, 0.5) is 5.13 Å². The van der Waals surface area contributed by atoms with Crippen molar-refractivity contribution in [3.8, 4) is 0 Å². The van der Waals surface area contributed by atoms with Crippen molar-refractivity contribution >= 4 is 16.5 Å². The maximum absolute atomic E-state index is 5.90. The van der Waals surface area contributed by atoms with Gasteiger partial charge in [0.1, 0.15) is 0 Å². The predicted octanol–water partition coefficient (Wildman–Crippen LogP) is 2.71. The zero-order valence-corrected chi connectivity index (χ0v) is 11.9. The highest BCUT2D eigenvalue weighted by atomic mass is 32.1. The summed E-state index contributed by atoms with van der Waals surface area (Å²) in [6.45, 7) is 5.04. The molecule has 3 nitrogen and oxygen atoms in total. The molecule has 2 rings (SSSR count). The molecule has 1 fully saturated rings. The second-order valence-corrected chi connectivity index (χ2v) is 6.28. The lowest BCUT2D eigenvalue weighted by Gasteiger charge is -2.37. The van der Waals surface area contributed by atoms with E-state index < -0.39 is 0 Å². The lowest BCUT2D eigenvalue weighted by molar-refractivity contribution is 0.306. The lowest BCUT2D eigenvalue weighted by Crippen LogP contribution is -2.43. The van der Waals surface area contributed by atoms with E-state index in [0.717, 1.165) is 17.4 Å². The Kier molecular flexibility index (Phi) is 4.05. The summed E-state index contributed by atoms with van der Waals surface area (Å²) in [5.41, 5.74) is 7.06. The van der Waals surface area contributed by atoms with Crippen molar-refractivity contribution in [1.82, 2.24) is 4.98 Å². The first-order chi connectivity index (χ1) is 8.13. The lowest BCUT2D eigenvalue weighted by atomic mass is 9.84. The quantitative estimate of drug-likeness (QED) is 0.900. The number of hydrogen-bond donors (Lipinski definition) is 1. The Morgan fingerprint density at radius 1 is 1.35 bits per heavy atom. The van der Waals surface area contributed by atoms with Crippen LogP contribution in [0.2, 0.25) is 0 Å².